The first-order valence-corrected chi connectivity index (χ1v) is 5.08. The second-order valence-electron chi connectivity index (χ2n) is 3.60. The fraction of sp³-hybridized carbons (Fsp3) is 0.250. The summed E-state index contributed by atoms with van der Waals surface area (Å²) in [5, 5.41) is 4.39. The minimum atomic E-state index is 0.139. The molecule has 78 valence electrons. The van der Waals surface area contributed by atoms with E-state index >= 15 is 0 Å². The Balaban J connectivity index is 2.33. The van der Waals surface area contributed by atoms with Crippen molar-refractivity contribution in [1.29, 1.82) is 0 Å². The second-order valence-corrected chi connectivity index (χ2v) is 3.60. The molecule has 0 aliphatic carbocycles. The molecule has 1 unspecified atom stereocenters. The summed E-state index contributed by atoms with van der Waals surface area (Å²) in [5.41, 5.74) is 8.00. The fourth-order valence-corrected chi connectivity index (χ4v) is 1.68. The molecule has 0 fully saturated rings. The van der Waals surface area contributed by atoms with Crippen LogP contribution in [0, 0.1) is 6.92 Å². The van der Waals surface area contributed by atoms with Crippen molar-refractivity contribution in [2.24, 2.45) is 5.73 Å². The van der Waals surface area contributed by atoms with Gasteiger partial charge in [0, 0.05) is 12.7 Å². The van der Waals surface area contributed by atoms with Crippen molar-refractivity contribution in [1.82, 2.24) is 9.78 Å². The maximum atomic E-state index is 5.79. The molecule has 0 amide bonds. The Kier molecular flexibility index (Phi) is 2.83. The lowest BCUT2D eigenvalue weighted by atomic mass is 10.1. The van der Waals surface area contributed by atoms with Crippen LogP contribution in [0.1, 0.15) is 17.3 Å². The van der Waals surface area contributed by atoms with Crippen molar-refractivity contribution >= 4 is 0 Å². The molecule has 0 spiro atoms. The van der Waals surface area contributed by atoms with Crippen LogP contribution in [0.4, 0.5) is 0 Å². The lowest BCUT2D eigenvalue weighted by Gasteiger charge is -2.15. The molecular weight excluding hydrogens is 186 g/mol. The number of nitrogens with two attached hydrogens (primary N) is 1. The highest BCUT2D eigenvalue weighted by Gasteiger charge is 2.11. The van der Waals surface area contributed by atoms with Gasteiger partial charge < -0.3 is 5.73 Å². The van der Waals surface area contributed by atoms with Gasteiger partial charge in [-0.3, -0.25) is 4.68 Å². The molecule has 1 atom stereocenters. The number of aromatic nitrogens is 2. The van der Waals surface area contributed by atoms with E-state index < -0.39 is 0 Å². The molecule has 3 heteroatoms. The molecule has 2 rings (SSSR count). The Bertz CT molecular complexity index is 419. The number of hydrogen-bond donors (Lipinski definition) is 1. The maximum absolute atomic E-state index is 5.79. The summed E-state index contributed by atoms with van der Waals surface area (Å²) >= 11 is 0. The molecule has 1 heterocycles. The first-order valence-electron chi connectivity index (χ1n) is 5.08. The van der Waals surface area contributed by atoms with E-state index in [4.69, 9.17) is 5.73 Å². The van der Waals surface area contributed by atoms with E-state index in [1.54, 1.807) is 0 Å². The number of rotatable bonds is 3. The van der Waals surface area contributed by atoms with E-state index in [-0.39, 0.29) is 6.04 Å². The minimum Gasteiger partial charge on any atom is -0.328 e. The number of nitrogens with zero attached hydrogens (tertiary/aromatic N) is 2. The monoisotopic (exact) mass is 201 g/mol. The Morgan fingerprint density at radius 2 is 2.00 bits per heavy atom. The topological polar surface area (TPSA) is 43.8 Å². The summed E-state index contributed by atoms with van der Waals surface area (Å²) < 4.78 is 1.92. The van der Waals surface area contributed by atoms with Crippen molar-refractivity contribution in [3.8, 4) is 0 Å². The molecule has 0 aliphatic heterocycles. The zero-order valence-corrected chi connectivity index (χ0v) is 8.80. The van der Waals surface area contributed by atoms with Gasteiger partial charge in [-0.15, -0.1) is 0 Å². The van der Waals surface area contributed by atoms with Gasteiger partial charge in [0.15, 0.2) is 0 Å². The predicted octanol–water partition coefficient (Wildman–Crippen LogP) is 1.74. The third kappa shape index (κ3) is 2.07. The summed E-state index contributed by atoms with van der Waals surface area (Å²) in [6.07, 6.45) is 1.97. The summed E-state index contributed by atoms with van der Waals surface area (Å²) in [7, 11) is 0. The standard InChI is InChI=1S/C12H15N3/c1-10-7-8-15(14-10)12(9-13)11-5-3-2-4-6-11/h2-8,12H,9,13H2,1H3. The van der Waals surface area contributed by atoms with Gasteiger partial charge in [-0.05, 0) is 18.6 Å². The Labute approximate surface area is 89.5 Å². The molecule has 1 aromatic carbocycles. The molecule has 0 aliphatic rings. The first-order chi connectivity index (χ1) is 7.31. The van der Waals surface area contributed by atoms with Crippen molar-refractivity contribution in [3.63, 3.8) is 0 Å². The largest absolute Gasteiger partial charge is 0.328 e. The molecule has 0 saturated heterocycles. The van der Waals surface area contributed by atoms with Gasteiger partial charge in [-0.2, -0.15) is 5.10 Å². The van der Waals surface area contributed by atoms with Crippen molar-refractivity contribution in [2.45, 2.75) is 13.0 Å². The smallest absolute Gasteiger partial charge is 0.0890 e. The molecule has 0 saturated carbocycles. The maximum Gasteiger partial charge on any atom is 0.0890 e. The van der Waals surface area contributed by atoms with E-state index in [9.17, 15) is 0 Å². The van der Waals surface area contributed by atoms with Crippen LogP contribution in [0.25, 0.3) is 0 Å². The van der Waals surface area contributed by atoms with Crippen molar-refractivity contribution < 1.29 is 0 Å². The van der Waals surface area contributed by atoms with E-state index in [0.29, 0.717) is 6.54 Å². The van der Waals surface area contributed by atoms with Gasteiger partial charge in [-0.1, -0.05) is 30.3 Å². The van der Waals surface area contributed by atoms with Gasteiger partial charge in [0.1, 0.15) is 0 Å². The number of benzene rings is 1. The van der Waals surface area contributed by atoms with Crippen LogP contribution in [0.3, 0.4) is 0 Å². The summed E-state index contributed by atoms with van der Waals surface area (Å²) in [6, 6.07) is 12.3. The quantitative estimate of drug-likeness (QED) is 0.822. The zero-order chi connectivity index (χ0) is 10.7. The first kappa shape index (κ1) is 9.93. The molecule has 2 N–H and O–H groups in total. The van der Waals surface area contributed by atoms with Crippen LogP contribution in [-0.2, 0) is 0 Å². The van der Waals surface area contributed by atoms with Crippen LogP contribution >= 0.6 is 0 Å². The normalized spacial score (nSPS) is 12.7. The summed E-state index contributed by atoms with van der Waals surface area (Å²) in [4.78, 5) is 0. The average molecular weight is 201 g/mol. The highest BCUT2D eigenvalue weighted by molar-refractivity contribution is 5.20. The Morgan fingerprint density at radius 3 is 2.53 bits per heavy atom. The second kappa shape index (κ2) is 4.28. The van der Waals surface area contributed by atoms with E-state index in [1.165, 1.54) is 5.56 Å². The number of hydrogen-bond acceptors (Lipinski definition) is 2. The van der Waals surface area contributed by atoms with Gasteiger partial charge in [0.25, 0.3) is 0 Å². The lowest BCUT2D eigenvalue weighted by Crippen LogP contribution is -2.20. The molecule has 2 aromatic rings. The van der Waals surface area contributed by atoms with Gasteiger partial charge >= 0.3 is 0 Å². The molecule has 15 heavy (non-hydrogen) atoms. The van der Waals surface area contributed by atoms with Gasteiger partial charge in [0.05, 0.1) is 11.7 Å². The fourth-order valence-electron chi connectivity index (χ4n) is 1.68. The highest BCUT2D eigenvalue weighted by atomic mass is 15.3. The third-order valence-electron chi connectivity index (χ3n) is 2.47. The zero-order valence-electron chi connectivity index (χ0n) is 8.80. The SMILES string of the molecule is Cc1ccn(C(CN)c2ccccc2)n1. The molecule has 1 aromatic heterocycles. The predicted molar refractivity (Wildman–Crippen MR) is 60.6 cm³/mol. The van der Waals surface area contributed by atoms with Crippen LogP contribution in [-0.4, -0.2) is 16.3 Å². The molecule has 3 nitrogen and oxygen atoms in total. The Morgan fingerprint density at radius 1 is 1.27 bits per heavy atom. The van der Waals surface area contributed by atoms with Crippen LogP contribution in [0.15, 0.2) is 42.6 Å². The highest BCUT2D eigenvalue weighted by Crippen LogP contribution is 2.15. The van der Waals surface area contributed by atoms with Crippen LogP contribution < -0.4 is 5.73 Å². The molecular formula is C12H15N3. The molecule has 0 bridgehead atoms. The van der Waals surface area contributed by atoms with Crippen molar-refractivity contribution in [2.75, 3.05) is 6.54 Å². The molecule has 0 radical (unpaired) electrons. The third-order valence-corrected chi connectivity index (χ3v) is 2.47. The average Bonchev–Trinajstić information content (AvgIpc) is 2.68. The Hall–Kier alpha value is -1.61. The van der Waals surface area contributed by atoms with Crippen molar-refractivity contribution in [3.05, 3.63) is 53.9 Å². The van der Waals surface area contributed by atoms with Gasteiger partial charge in [0.2, 0.25) is 0 Å². The van der Waals surface area contributed by atoms with E-state index in [0.717, 1.165) is 5.69 Å². The van der Waals surface area contributed by atoms with E-state index in [2.05, 4.69) is 17.2 Å². The van der Waals surface area contributed by atoms with Crippen LogP contribution in [0.5, 0.6) is 0 Å². The summed E-state index contributed by atoms with van der Waals surface area (Å²) in [5.74, 6) is 0. The van der Waals surface area contributed by atoms with Gasteiger partial charge in [-0.25, -0.2) is 0 Å². The van der Waals surface area contributed by atoms with Crippen LogP contribution in [0.2, 0.25) is 0 Å². The minimum absolute atomic E-state index is 0.139. The number of aryl methyl sites for hydroxylation is 1. The lowest BCUT2D eigenvalue weighted by molar-refractivity contribution is 0.529. The van der Waals surface area contributed by atoms with E-state index in [1.807, 2.05) is 42.1 Å². The summed E-state index contributed by atoms with van der Waals surface area (Å²) in [6.45, 7) is 2.54.